The minimum absolute atomic E-state index is 0.0705. The number of hydrogen-bond donors (Lipinski definition) is 0. The number of benzene rings is 1. The quantitative estimate of drug-likeness (QED) is 0.403. The zero-order valence-corrected chi connectivity index (χ0v) is 18.7. The lowest BCUT2D eigenvalue weighted by molar-refractivity contribution is -0.177. The van der Waals surface area contributed by atoms with Crippen molar-refractivity contribution in [2.75, 3.05) is 33.3 Å². The lowest BCUT2D eigenvalue weighted by Crippen LogP contribution is -2.69. The average Bonchev–Trinajstić information content (AvgIpc) is 2.74. The Hall–Kier alpha value is -2.61. The number of carbonyl (C=O) groups is 3. The van der Waals surface area contributed by atoms with Gasteiger partial charge in [-0.1, -0.05) is 32.9 Å². The van der Waals surface area contributed by atoms with Crippen LogP contribution >= 0.6 is 0 Å². The molecule has 3 amide bonds. The fraction of sp³-hybridized carbons (Fsp3) is 0.591. The highest BCUT2D eigenvalue weighted by Crippen LogP contribution is 2.24. The monoisotopic (exact) mass is 418 g/mol. The highest BCUT2D eigenvalue weighted by molar-refractivity contribution is 5.85. The van der Waals surface area contributed by atoms with Crippen LogP contribution < -0.4 is 4.74 Å². The highest BCUT2D eigenvalue weighted by Gasteiger charge is 2.44. The number of ether oxygens (including phenoxy) is 1. The highest BCUT2D eigenvalue weighted by atomic mass is 16.5. The normalized spacial score (nSPS) is 19.4. The Morgan fingerprint density at radius 2 is 1.87 bits per heavy atom. The Kier molecular flexibility index (Phi) is 8.65. The fourth-order valence-corrected chi connectivity index (χ4v) is 3.79. The van der Waals surface area contributed by atoms with Crippen molar-refractivity contribution in [3.05, 3.63) is 29.8 Å². The molecule has 1 fully saturated rings. The zero-order valence-electron chi connectivity index (χ0n) is 18.7. The van der Waals surface area contributed by atoms with E-state index in [1.54, 1.807) is 17.0 Å². The molecule has 166 valence electrons. The van der Waals surface area contributed by atoms with Crippen LogP contribution in [-0.4, -0.2) is 84.0 Å². The van der Waals surface area contributed by atoms with Crippen molar-refractivity contribution in [2.24, 2.45) is 5.92 Å². The van der Waals surface area contributed by atoms with Crippen LogP contribution in [0.1, 0.15) is 33.3 Å². The number of nitrogens with zero attached hydrogens (tertiary/aromatic N) is 4. The van der Waals surface area contributed by atoms with Gasteiger partial charge < -0.3 is 14.5 Å². The molecule has 0 aliphatic carbocycles. The van der Waals surface area contributed by atoms with E-state index in [9.17, 15) is 14.4 Å². The van der Waals surface area contributed by atoms with Gasteiger partial charge in [-0.05, 0) is 37.0 Å². The molecule has 30 heavy (non-hydrogen) atoms. The minimum atomic E-state index is -0.603. The maximum Gasteiger partial charge on any atom is 0.245 e. The van der Waals surface area contributed by atoms with E-state index in [2.05, 4.69) is 0 Å². The van der Waals surface area contributed by atoms with Crippen molar-refractivity contribution in [1.29, 1.82) is 0 Å². The smallest absolute Gasteiger partial charge is 0.245 e. The van der Waals surface area contributed by atoms with Crippen molar-refractivity contribution in [3.8, 4) is 5.75 Å². The second-order valence-corrected chi connectivity index (χ2v) is 7.79. The average molecular weight is 419 g/mol. The van der Waals surface area contributed by atoms with E-state index in [1.807, 2.05) is 52.0 Å². The second kappa shape index (κ2) is 11.0. The van der Waals surface area contributed by atoms with Crippen molar-refractivity contribution in [2.45, 2.75) is 46.3 Å². The molecule has 1 heterocycles. The lowest BCUT2D eigenvalue weighted by atomic mass is 9.97. The Balaban J connectivity index is 2.22. The first kappa shape index (κ1) is 23.7. The third-order valence-electron chi connectivity index (χ3n) is 5.54. The zero-order chi connectivity index (χ0) is 22.3. The predicted molar refractivity (Wildman–Crippen MR) is 114 cm³/mol. The molecule has 2 rings (SSSR count). The van der Waals surface area contributed by atoms with E-state index in [4.69, 9.17) is 4.74 Å². The molecule has 2 atom stereocenters. The van der Waals surface area contributed by atoms with E-state index in [0.29, 0.717) is 32.5 Å². The molecule has 1 aromatic carbocycles. The Morgan fingerprint density at radius 1 is 1.20 bits per heavy atom. The molecule has 1 saturated heterocycles. The molecule has 0 spiro atoms. The number of hydrazine groups is 1. The molecule has 8 nitrogen and oxygen atoms in total. The number of rotatable bonds is 11. The SMILES string of the molecule is CCOc1ccc(CCN2CC(N(C=O)N(C)CC)N(C=O)[C@@H](C(C)C)C2=O)cc1. The van der Waals surface area contributed by atoms with Gasteiger partial charge in [0.25, 0.3) is 0 Å². The Morgan fingerprint density at radius 3 is 2.37 bits per heavy atom. The van der Waals surface area contributed by atoms with Gasteiger partial charge in [0.2, 0.25) is 18.7 Å². The number of piperazine rings is 1. The first-order valence-corrected chi connectivity index (χ1v) is 10.6. The number of hydrogen-bond acceptors (Lipinski definition) is 5. The molecule has 0 aromatic heterocycles. The van der Waals surface area contributed by atoms with Crippen molar-refractivity contribution >= 4 is 18.7 Å². The summed E-state index contributed by atoms with van der Waals surface area (Å²) in [7, 11) is 1.79. The molecular formula is C22H34N4O4. The van der Waals surface area contributed by atoms with Crippen LogP contribution in [0, 0.1) is 5.92 Å². The molecule has 1 unspecified atom stereocenters. The van der Waals surface area contributed by atoms with Gasteiger partial charge >= 0.3 is 0 Å². The van der Waals surface area contributed by atoms with Crippen LogP contribution in [0.4, 0.5) is 0 Å². The molecule has 1 aliphatic heterocycles. The van der Waals surface area contributed by atoms with Gasteiger partial charge in [-0.15, -0.1) is 0 Å². The predicted octanol–water partition coefficient (Wildman–Crippen LogP) is 1.60. The topological polar surface area (TPSA) is 73.4 Å². The largest absolute Gasteiger partial charge is 0.494 e. The van der Waals surface area contributed by atoms with Crippen LogP contribution in [0.15, 0.2) is 24.3 Å². The maximum absolute atomic E-state index is 13.2. The summed E-state index contributed by atoms with van der Waals surface area (Å²) >= 11 is 0. The standard InChI is InChI=1S/C22H34N4O4/c1-6-23(5)26(16-28)20-14-24(22(29)21(17(3)4)25(20)15-27)13-12-18-8-10-19(11-9-18)30-7-2/h8-11,15-17,20-21H,6-7,12-14H2,1-5H3/t20?,21-/m0/s1. The van der Waals surface area contributed by atoms with Gasteiger partial charge in [0.05, 0.1) is 13.2 Å². The second-order valence-electron chi connectivity index (χ2n) is 7.79. The summed E-state index contributed by atoms with van der Waals surface area (Å²) in [6.45, 7) is 9.73. The summed E-state index contributed by atoms with van der Waals surface area (Å²) in [5, 5.41) is 3.26. The molecule has 0 radical (unpaired) electrons. The lowest BCUT2D eigenvalue weighted by Gasteiger charge is -2.50. The molecule has 8 heteroatoms. The third kappa shape index (κ3) is 5.30. The van der Waals surface area contributed by atoms with Gasteiger partial charge in [0.1, 0.15) is 18.0 Å². The first-order valence-electron chi connectivity index (χ1n) is 10.6. The summed E-state index contributed by atoms with van der Waals surface area (Å²) < 4.78 is 5.48. The van der Waals surface area contributed by atoms with Crippen LogP contribution in [0.5, 0.6) is 5.75 Å². The molecule has 0 saturated carbocycles. The summed E-state index contributed by atoms with van der Waals surface area (Å²) in [6, 6.07) is 7.24. The van der Waals surface area contributed by atoms with E-state index in [-0.39, 0.29) is 18.4 Å². The summed E-state index contributed by atoms with van der Waals surface area (Å²) in [4.78, 5) is 40.2. The van der Waals surface area contributed by atoms with Crippen LogP contribution in [0.25, 0.3) is 0 Å². The third-order valence-corrected chi connectivity index (χ3v) is 5.54. The molecule has 0 bridgehead atoms. The molecular weight excluding hydrogens is 384 g/mol. The van der Waals surface area contributed by atoms with Crippen LogP contribution in [0.2, 0.25) is 0 Å². The van der Waals surface area contributed by atoms with Crippen LogP contribution in [-0.2, 0) is 20.8 Å². The Labute approximate surface area is 179 Å². The summed E-state index contributed by atoms with van der Waals surface area (Å²) in [6.07, 6.45) is 1.57. The minimum Gasteiger partial charge on any atom is -0.494 e. The van der Waals surface area contributed by atoms with E-state index in [1.165, 1.54) is 9.91 Å². The van der Waals surface area contributed by atoms with E-state index in [0.717, 1.165) is 17.7 Å². The first-order chi connectivity index (χ1) is 14.4. The van der Waals surface area contributed by atoms with E-state index < -0.39 is 12.2 Å². The maximum atomic E-state index is 13.2. The van der Waals surface area contributed by atoms with Gasteiger partial charge in [-0.25, -0.2) is 5.01 Å². The van der Waals surface area contributed by atoms with Crippen molar-refractivity contribution < 1.29 is 19.1 Å². The molecule has 1 aliphatic rings. The Bertz CT molecular complexity index is 710. The van der Waals surface area contributed by atoms with Gasteiger partial charge in [-0.3, -0.25) is 19.4 Å². The molecule has 1 aromatic rings. The van der Waals surface area contributed by atoms with Crippen molar-refractivity contribution in [1.82, 2.24) is 19.8 Å². The van der Waals surface area contributed by atoms with Gasteiger partial charge in [0, 0.05) is 20.1 Å². The number of amides is 3. The summed E-state index contributed by atoms with van der Waals surface area (Å²) in [5.41, 5.74) is 1.10. The number of carbonyl (C=O) groups excluding carboxylic acids is 3. The van der Waals surface area contributed by atoms with E-state index >= 15 is 0 Å². The van der Waals surface area contributed by atoms with Crippen LogP contribution in [0.3, 0.4) is 0 Å². The van der Waals surface area contributed by atoms with Gasteiger partial charge in [0.15, 0.2) is 0 Å². The molecule has 0 N–H and O–H groups in total. The fourth-order valence-electron chi connectivity index (χ4n) is 3.79. The summed E-state index contributed by atoms with van der Waals surface area (Å²) in [5.74, 6) is 0.671. The van der Waals surface area contributed by atoms with Crippen molar-refractivity contribution in [3.63, 3.8) is 0 Å². The van der Waals surface area contributed by atoms with Gasteiger partial charge in [-0.2, -0.15) is 0 Å².